The summed E-state index contributed by atoms with van der Waals surface area (Å²) in [5.74, 6) is -0.240. The predicted molar refractivity (Wildman–Crippen MR) is 146 cm³/mol. The maximum atomic E-state index is 14.2. The summed E-state index contributed by atoms with van der Waals surface area (Å²) in [7, 11) is 1.53. The summed E-state index contributed by atoms with van der Waals surface area (Å²) < 4.78 is 7.17. The van der Waals surface area contributed by atoms with Crippen molar-refractivity contribution in [2.24, 2.45) is 0 Å². The number of phenols is 1. The van der Waals surface area contributed by atoms with Crippen LogP contribution < -0.4 is 15.0 Å². The number of hydrogen-bond donors (Lipinski definition) is 2. The molecule has 1 heterocycles. The highest BCUT2D eigenvalue weighted by molar-refractivity contribution is 6.02. The lowest BCUT2D eigenvalue weighted by atomic mass is 9.98. The maximum Gasteiger partial charge on any atom is 0.249 e. The number of anilines is 1. The Balaban J connectivity index is 1.88. The highest BCUT2D eigenvalue weighted by atomic mass is 16.5. The van der Waals surface area contributed by atoms with Gasteiger partial charge in [-0.3, -0.25) is 14.5 Å². The second-order valence-corrected chi connectivity index (χ2v) is 9.90. The molecule has 4 rings (SSSR count). The van der Waals surface area contributed by atoms with Gasteiger partial charge >= 0.3 is 0 Å². The molecule has 2 N–H and O–H groups in total. The monoisotopic (exact) mass is 515 g/mol. The zero-order chi connectivity index (χ0) is 27.4. The molecule has 3 aromatic carbocycles. The Morgan fingerprint density at radius 1 is 1.11 bits per heavy atom. The largest absolute Gasteiger partial charge is 0.508 e. The van der Waals surface area contributed by atoms with E-state index < -0.39 is 11.6 Å². The average molecular weight is 516 g/mol. The van der Waals surface area contributed by atoms with E-state index >= 15 is 0 Å². The molecule has 1 aromatic heterocycles. The number of amides is 2. The quantitative estimate of drug-likeness (QED) is 0.339. The highest BCUT2D eigenvalue weighted by Crippen LogP contribution is 2.37. The van der Waals surface area contributed by atoms with Crippen LogP contribution in [0.4, 0.5) is 5.69 Å². The van der Waals surface area contributed by atoms with Crippen LogP contribution in [-0.2, 0) is 16.1 Å². The molecule has 38 heavy (non-hydrogen) atoms. The number of hydrogen-bond acceptors (Lipinski definition) is 6. The fourth-order valence-electron chi connectivity index (χ4n) is 4.21. The molecule has 2 amide bonds. The third kappa shape index (κ3) is 5.61. The van der Waals surface area contributed by atoms with Crippen molar-refractivity contribution in [2.75, 3.05) is 12.0 Å². The smallest absolute Gasteiger partial charge is 0.249 e. The number of methoxy groups -OCH3 is 1. The van der Waals surface area contributed by atoms with E-state index in [-0.39, 0.29) is 24.1 Å². The number of aromatic nitrogens is 3. The minimum absolute atomic E-state index is 0.0573. The van der Waals surface area contributed by atoms with Crippen LogP contribution in [0.1, 0.15) is 44.4 Å². The summed E-state index contributed by atoms with van der Waals surface area (Å²) in [6, 6.07) is 18.1. The minimum Gasteiger partial charge on any atom is -0.508 e. The van der Waals surface area contributed by atoms with Crippen molar-refractivity contribution in [1.29, 1.82) is 0 Å². The molecular weight excluding hydrogens is 482 g/mol. The average Bonchev–Trinajstić information content (AvgIpc) is 3.30. The third-order valence-corrected chi connectivity index (χ3v) is 6.63. The van der Waals surface area contributed by atoms with E-state index in [1.807, 2.05) is 64.1 Å². The van der Waals surface area contributed by atoms with Crippen LogP contribution in [0, 0.1) is 6.92 Å². The van der Waals surface area contributed by atoms with E-state index in [2.05, 4.69) is 15.6 Å². The summed E-state index contributed by atoms with van der Waals surface area (Å²) in [6.45, 7) is 7.60. The molecule has 198 valence electrons. The van der Waals surface area contributed by atoms with Crippen LogP contribution in [0.15, 0.2) is 66.7 Å². The van der Waals surface area contributed by atoms with Crippen LogP contribution in [0.25, 0.3) is 11.0 Å². The molecule has 0 aliphatic rings. The fraction of sp³-hybridized carbons (Fsp3) is 0.310. The number of carbonyl (C=O) groups is 2. The lowest BCUT2D eigenvalue weighted by molar-refractivity contribution is -0.128. The normalized spacial score (nSPS) is 12.2. The molecule has 0 radical (unpaired) electrons. The number of ether oxygens (including phenoxy) is 1. The van der Waals surface area contributed by atoms with Gasteiger partial charge in [-0.05, 0) is 74.7 Å². The number of nitrogens with one attached hydrogen (secondary N) is 1. The number of nitrogens with zero attached hydrogens (tertiary/aromatic N) is 4. The number of carbonyl (C=O) groups excluding carboxylic acids is 2. The van der Waals surface area contributed by atoms with Crippen molar-refractivity contribution in [3.05, 3.63) is 77.9 Å². The molecule has 0 saturated carbocycles. The van der Waals surface area contributed by atoms with Crippen molar-refractivity contribution in [1.82, 2.24) is 20.3 Å². The first kappa shape index (κ1) is 26.7. The van der Waals surface area contributed by atoms with Gasteiger partial charge in [0.25, 0.3) is 0 Å². The van der Waals surface area contributed by atoms with Gasteiger partial charge in [0, 0.05) is 5.54 Å². The van der Waals surface area contributed by atoms with E-state index in [4.69, 9.17) is 4.74 Å². The number of aryl methyl sites for hydroxylation is 1. The zero-order valence-corrected chi connectivity index (χ0v) is 22.3. The number of phenolic OH excluding ortho intramolecular Hbond substituents is 1. The Kier molecular flexibility index (Phi) is 7.66. The second kappa shape index (κ2) is 10.9. The van der Waals surface area contributed by atoms with E-state index in [1.54, 1.807) is 18.2 Å². The second-order valence-electron chi connectivity index (χ2n) is 9.90. The zero-order valence-electron chi connectivity index (χ0n) is 22.3. The summed E-state index contributed by atoms with van der Waals surface area (Å²) in [6.07, 6.45) is 0.688. The van der Waals surface area contributed by atoms with Gasteiger partial charge in [0.15, 0.2) is 0 Å². The summed E-state index contributed by atoms with van der Waals surface area (Å²) >= 11 is 0. The first-order chi connectivity index (χ1) is 18.1. The molecule has 0 fully saturated rings. The van der Waals surface area contributed by atoms with Crippen LogP contribution in [0.2, 0.25) is 0 Å². The Bertz CT molecular complexity index is 1450. The number of para-hydroxylation sites is 1. The summed E-state index contributed by atoms with van der Waals surface area (Å²) in [4.78, 5) is 29.6. The molecule has 0 spiro atoms. The van der Waals surface area contributed by atoms with E-state index in [9.17, 15) is 14.7 Å². The topological polar surface area (TPSA) is 110 Å². The predicted octanol–water partition coefficient (Wildman–Crippen LogP) is 4.53. The Morgan fingerprint density at radius 2 is 1.82 bits per heavy atom. The summed E-state index contributed by atoms with van der Waals surface area (Å²) in [5, 5.41) is 21.4. The molecule has 0 saturated heterocycles. The molecule has 9 heteroatoms. The Morgan fingerprint density at radius 3 is 2.50 bits per heavy atom. The number of aromatic hydroxyl groups is 1. The van der Waals surface area contributed by atoms with Crippen molar-refractivity contribution >= 4 is 28.5 Å². The first-order valence-corrected chi connectivity index (χ1v) is 12.5. The molecule has 9 nitrogen and oxygen atoms in total. The van der Waals surface area contributed by atoms with Gasteiger partial charge in [-0.2, -0.15) is 0 Å². The van der Waals surface area contributed by atoms with Gasteiger partial charge in [-0.1, -0.05) is 42.5 Å². The standard InChI is InChI=1S/C29H33N5O4/c1-6-29(3,4)30-28(37)27(20-12-14-21(35)15-13-20)34(24-17-19(2)11-16-25(24)38-5)26(36)18-33-23-10-8-7-9-22(23)31-32-33/h7-17,27,35H,6,18H2,1-5H3,(H,30,37). The Hall–Kier alpha value is -4.40. The van der Waals surface area contributed by atoms with Gasteiger partial charge in [0.1, 0.15) is 29.6 Å². The molecule has 0 aliphatic heterocycles. The molecule has 0 bridgehead atoms. The molecule has 4 aromatic rings. The van der Waals surface area contributed by atoms with Crippen molar-refractivity contribution in [2.45, 2.75) is 52.2 Å². The SMILES string of the molecule is CCC(C)(C)NC(=O)C(c1ccc(O)cc1)N(C(=O)Cn1nnc2ccccc21)c1cc(C)ccc1OC. The van der Waals surface area contributed by atoms with Gasteiger partial charge in [-0.25, -0.2) is 4.68 Å². The third-order valence-electron chi connectivity index (χ3n) is 6.63. The van der Waals surface area contributed by atoms with Gasteiger partial charge in [0.05, 0.1) is 18.3 Å². The molecule has 1 atom stereocenters. The number of rotatable bonds is 9. The first-order valence-electron chi connectivity index (χ1n) is 12.5. The fourth-order valence-corrected chi connectivity index (χ4v) is 4.21. The van der Waals surface area contributed by atoms with E-state index in [0.29, 0.717) is 34.5 Å². The van der Waals surface area contributed by atoms with Crippen molar-refractivity contribution < 1.29 is 19.4 Å². The van der Waals surface area contributed by atoms with Gasteiger partial charge < -0.3 is 15.2 Å². The van der Waals surface area contributed by atoms with Gasteiger partial charge in [-0.15, -0.1) is 5.10 Å². The van der Waals surface area contributed by atoms with E-state index in [1.165, 1.54) is 28.8 Å². The van der Waals surface area contributed by atoms with Gasteiger partial charge in [0.2, 0.25) is 11.8 Å². The summed E-state index contributed by atoms with van der Waals surface area (Å²) in [5.41, 5.74) is 2.73. The minimum atomic E-state index is -1.06. The van der Waals surface area contributed by atoms with Crippen LogP contribution in [-0.4, -0.2) is 44.6 Å². The lowest BCUT2D eigenvalue weighted by Crippen LogP contribution is -2.51. The van der Waals surface area contributed by atoms with Crippen LogP contribution in [0.3, 0.4) is 0 Å². The van der Waals surface area contributed by atoms with Crippen molar-refractivity contribution in [3.63, 3.8) is 0 Å². The highest BCUT2D eigenvalue weighted by Gasteiger charge is 2.36. The number of benzene rings is 3. The Labute approximate surface area is 222 Å². The van der Waals surface area contributed by atoms with Crippen molar-refractivity contribution in [3.8, 4) is 11.5 Å². The molecular formula is C29H33N5O4. The maximum absolute atomic E-state index is 14.2. The lowest BCUT2D eigenvalue weighted by Gasteiger charge is -2.35. The van der Waals surface area contributed by atoms with Crippen LogP contribution in [0.5, 0.6) is 11.5 Å². The molecule has 0 aliphatic carbocycles. The van der Waals surface area contributed by atoms with E-state index in [0.717, 1.165) is 5.56 Å². The van der Waals surface area contributed by atoms with Crippen LogP contribution >= 0.6 is 0 Å². The number of fused-ring (bicyclic) bond motifs is 1. The molecule has 1 unspecified atom stereocenters.